The molecule has 0 N–H and O–H groups in total. The Bertz CT molecular complexity index is 404. The average Bonchev–Trinajstić information content (AvgIpc) is 2.87. The number of aromatic nitrogens is 1. The normalized spacial score (nSPS) is 36.6. The molecule has 4 unspecified atom stereocenters. The summed E-state index contributed by atoms with van der Waals surface area (Å²) in [7, 11) is 0. The minimum atomic E-state index is 0.171. The van der Waals surface area contributed by atoms with Crippen molar-refractivity contribution in [3.8, 4) is 0 Å². The van der Waals surface area contributed by atoms with Gasteiger partial charge in [0.2, 0.25) is 0 Å². The fraction of sp³-hybridized carbons (Fsp3) is 0.538. The van der Waals surface area contributed by atoms with E-state index in [4.69, 9.17) is 0 Å². The number of carbonyl (C=O) groups is 1. The molecule has 1 aromatic rings. The van der Waals surface area contributed by atoms with Crippen LogP contribution < -0.4 is 0 Å². The van der Waals surface area contributed by atoms with Crippen LogP contribution in [0.3, 0.4) is 0 Å². The van der Waals surface area contributed by atoms with Crippen molar-refractivity contribution in [2.45, 2.75) is 31.8 Å². The lowest BCUT2D eigenvalue weighted by atomic mass is 9.93. The third kappa shape index (κ3) is 1.39. The largest absolute Gasteiger partial charge is 0.298 e. The van der Waals surface area contributed by atoms with Gasteiger partial charge in [-0.3, -0.25) is 14.7 Å². The number of hydrogen-bond acceptors (Lipinski definition) is 3. The van der Waals surface area contributed by atoms with Gasteiger partial charge in [0.1, 0.15) is 5.78 Å². The SMILES string of the molecule is CC(=O)C1C2CCN1C(c1cccnc1)C2. The Hall–Kier alpha value is -1.22. The molecule has 4 atom stereocenters. The summed E-state index contributed by atoms with van der Waals surface area (Å²) in [4.78, 5) is 18.2. The minimum absolute atomic E-state index is 0.171. The summed E-state index contributed by atoms with van der Waals surface area (Å²) in [6.45, 7) is 2.79. The molecule has 0 amide bonds. The lowest BCUT2D eigenvalue weighted by Gasteiger charge is -2.26. The van der Waals surface area contributed by atoms with Gasteiger partial charge in [-0.15, -0.1) is 0 Å². The van der Waals surface area contributed by atoms with Crippen molar-refractivity contribution >= 4 is 5.78 Å². The first kappa shape index (κ1) is 9.97. The van der Waals surface area contributed by atoms with Crippen molar-refractivity contribution < 1.29 is 4.79 Å². The molecule has 3 rings (SSSR count). The van der Waals surface area contributed by atoms with Crippen molar-refractivity contribution in [2.24, 2.45) is 5.92 Å². The molecule has 0 radical (unpaired) electrons. The van der Waals surface area contributed by atoms with Gasteiger partial charge >= 0.3 is 0 Å². The monoisotopic (exact) mass is 216 g/mol. The highest BCUT2D eigenvalue weighted by molar-refractivity contribution is 5.82. The molecule has 16 heavy (non-hydrogen) atoms. The molecular formula is C13H16N2O. The maximum absolute atomic E-state index is 11.6. The van der Waals surface area contributed by atoms with E-state index in [0.717, 1.165) is 13.0 Å². The number of nitrogens with zero attached hydrogens (tertiary/aromatic N) is 2. The van der Waals surface area contributed by atoms with E-state index in [9.17, 15) is 4.79 Å². The summed E-state index contributed by atoms with van der Waals surface area (Å²) in [5.74, 6) is 0.900. The number of pyridine rings is 1. The van der Waals surface area contributed by atoms with E-state index in [1.165, 1.54) is 12.0 Å². The Balaban J connectivity index is 1.89. The van der Waals surface area contributed by atoms with Crippen LogP contribution in [0, 0.1) is 5.92 Å². The zero-order valence-corrected chi connectivity index (χ0v) is 9.47. The summed E-state index contributed by atoms with van der Waals surface area (Å²) in [6.07, 6.45) is 6.04. The van der Waals surface area contributed by atoms with Gasteiger partial charge in [0.15, 0.2) is 0 Å². The van der Waals surface area contributed by atoms with Gasteiger partial charge in [0.25, 0.3) is 0 Å². The van der Waals surface area contributed by atoms with E-state index in [1.54, 1.807) is 13.1 Å². The summed E-state index contributed by atoms with van der Waals surface area (Å²) in [5, 5.41) is 0. The van der Waals surface area contributed by atoms with Crippen LogP contribution in [0.4, 0.5) is 0 Å². The van der Waals surface area contributed by atoms with Crippen LogP contribution in [-0.2, 0) is 4.79 Å². The fourth-order valence-corrected chi connectivity index (χ4v) is 3.37. The molecule has 3 heteroatoms. The van der Waals surface area contributed by atoms with E-state index in [2.05, 4.69) is 16.0 Å². The third-order valence-electron chi connectivity index (χ3n) is 3.97. The number of piperidine rings is 1. The molecule has 0 aliphatic carbocycles. The van der Waals surface area contributed by atoms with Crippen LogP contribution in [0.2, 0.25) is 0 Å². The highest BCUT2D eigenvalue weighted by Gasteiger charge is 2.48. The number of fused-ring (bicyclic) bond motifs is 2. The van der Waals surface area contributed by atoms with Crippen LogP contribution in [-0.4, -0.2) is 28.3 Å². The maximum Gasteiger partial charge on any atom is 0.147 e. The standard InChI is InChI=1S/C13H16N2O/c1-9(16)13-10-4-6-15(13)12(7-10)11-3-2-5-14-8-11/h2-3,5,8,10,12-13H,4,6-7H2,1H3. The van der Waals surface area contributed by atoms with Gasteiger partial charge in [-0.1, -0.05) is 6.07 Å². The maximum atomic E-state index is 11.6. The number of ketones is 1. The molecule has 3 heterocycles. The highest BCUT2D eigenvalue weighted by Crippen LogP contribution is 2.46. The smallest absolute Gasteiger partial charge is 0.147 e. The Morgan fingerprint density at radius 1 is 1.56 bits per heavy atom. The second-order valence-electron chi connectivity index (χ2n) is 4.88. The molecule has 3 nitrogen and oxygen atoms in total. The Labute approximate surface area is 95.5 Å². The van der Waals surface area contributed by atoms with E-state index in [-0.39, 0.29) is 6.04 Å². The number of hydrogen-bond donors (Lipinski definition) is 0. The zero-order chi connectivity index (χ0) is 11.1. The Morgan fingerprint density at radius 3 is 3.06 bits per heavy atom. The van der Waals surface area contributed by atoms with Crippen molar-refractivity contribution in [1.29, 1.82) is 0 Å². The van der Waals surface area contributed by atoms with Crippen LogP contribution >= 0.6 is 0 Å². The molecule has 2 fully saturated rings. The van der Waals surface area contributed by atoms with Crippen molar-refractivity contribution in [2.75, 3.05) is 6.54 Å². The van der Waals surface area contributed by atoms with Gasteiger partial charge in [-0.25, -0.2) is 0 Å². The van der Waals surface area contributed by atoms with Gasteiger partial charge in [0, 0.05) is 18.4 Å². The summed E-state index contributed by atoms with van der Waals surface area (Å²) >= 11 is 0. The number of rotatable bonds is 2. The van der Waals surface area contributed by atoms with Crippen molar-refractivity contribution in [3.05, 3.63) is 30.1 Å². The first-order chi connectivity index (χ1) is 7.77. The molecule has 2 saturated heterocycles. The second kappa shape index (κ2) is 3.67. The molecule has 0 aromatic carbocycles. The molecule has 2 aliphatic rings. The zero-order valence-electron chi connectivity index (χ0n) is 9.47. The topological polar surface area (TPSA) is 33.2 Å². The first-order valence-corrected chi connectivity index (χ1v) is 5.93. The van der Waals surface area contributed by atoms with Crippen LogP contribution in [0.1, 0.15) is 31.4 Å². The van der Waals surface area contributed by atoms with Gasteiger partial charge in [-0.05, 0) is 43.9 Å². The minimum Gasteiger partial charge on any atom is -0.298 e. The average molecular weight is 216 g/mol. The predicted molar refractivity (Wildman–Crippen MR) is 60.9 cm³/mol. The van der Waals surface area contributed by atoms with Gasteiger partial charge < -0.3 is 0 Å². The van der Waals surface area contributed by atoms with E-state index in [0.29, 0.717) is 17.7 Å². The lowest BCUT2D eigenvalue weighted by Crippen LogP contribution is -2.33. The molecule has 2 aliphatic heterocycles. The molecule has 1 aromatic heterocycles. The summed E-state index contributed by atoms with van der Waals surface area (Å²) in [6, 6.07) is 4.69. The molecular weight excluding hydrogens is 200 g/mol. The predicted octanol–water partition coefficient (Wildman–Crippen LogP) is 1.81. The van der Waals surface area contributed by atoms with Crippen LogP contribution in [0.5, 0.6) is 0 Å². The third-order valence-corrected chi connectivity index (χ3v) is 3.97. The summed E-state index contributed by atoms with van der Waals surface area (Å²) in [5.41, 5.74) is 1.26. The lowest BCUT2D eigenvalue weighted by molar-refractivity contribution is -0.121. The fourth-order valence-electron chi connectivity index (χ4n) is 3.37. The summed E-state index contributed by atoms with van der Waals surface area (Å²) < 4.78 is 0. The van der Waals surface area contributed by atoms with E-state index < -0.39 is 0 Å². The molecule has 2 bridgehead atoms. The van der Waals surface area contributed by atoms with Crippen molar-refractivity contribution in [3.63, 3.8) is 0 Å². The Kier molecular flexibility index (Phi) is 2.28. The van der Waals surface area contributed by atoms with E-state index >= 15 is 0 Å². The quantitative estimate of drug-likeness (QED) is 0.756. The molecule has 0 spiro atoms. The van der Waals surface area contributed by atoms with E-state index in [1.807, 2.05) is 12.3 Å². The number of Topliss-reactive ketones (excluding diaryl/α,β-unsaturated/α-hetero) is 1. The van der Waals surface area contributed by atoms with Gasteiger partial charge in [0.05, 0.1) is 6.04 Å². The van der Waals surface area contributed by atoms with Crippen LogP contribution in [0.15, 0.2) is 24.5 Å². The van der Waals surface area contributed by atoms with Gasteiger partial charge in [-0.2, -0.15) is 0 Å². The molecule has 84 valence electrons. The molecule has 0 saturated carbocycles. The van der Waals surface area contributed by atoms with Crippen LogP contribution in [0.25, 0.3) is 0 Å². The second-order valence-corrected chi connectivity index (χ2v) is 4.88. The number of carbonyl (C=O) groups excluding carboxylic acids is 1. The Morgan fingerprint density at radius 2 is 2.44 bits per heavy atom. The highest BCUT2D eigenvalue weighted by atomic mass is 16.1. The van der Waals surface area contributed by atoms with Crippen molar-refractivity contribution in [1.82, 2.24) is 9.88 Å². The first-order valence-electron chi connectivity index (χ1n) is 5.93.